The van der Waals surface area contributed by atoms with Gasteiger partial charge < -0.3 is 0 Å². The number of hydrogen-bond acceptors (Lipinski definition) is 5. The highest BCUT2D eigenvalue weighted by Gasteiger charge is 2.22. The molecule has 0 amide bonds. The van der Waals surface area contributed by atoms with Crippen LogP contribution in [0, 0.1) is 0 Å². The van der Waals surface area contributed by atoms with Crippen molar-refractivity contribution in [2.24, 2.45) is 14.6 Å². The summed E-state index contributed by atoms with van der Waals surface area (Å²) in [6.07, 6.45) is 1.69. The fraction of sp³-hybridized carbons (Fsp3) is 0.333. The molecule has 0 N–H and O–H groups in total. The van der Waals surface area contributed by atoms with E-state index in [0.29, 0.717) is 5.16 Å². The third kappa shape index (κ3) is 1.52. The highest BCUT2D eigenvalue weighted by Crippen LogP contribution is 2.20. The van der Waals surface area contributed by atoms with Crippen molar-refractivity contribution >= 4 is 32.4 Å². The number of aliphatic imine (C=N–C) groups is 1. The molecule has 2 aliphatic rings. The Morgan fingerprint density at radius 2 is 2.38 bits per heavy atom. The van der Waals surface area contributed by atoms with Gasteiger partial charge in [-0.05, 0) is 12.2 Å². The van der Waals surface area contributed by atoms with E-state index in [0.717, 1.165) is 10.1 Å². The topological polar surface area (TPSA) is 49.5 Å². The summed E-state index contributed by atoms with van der Waals surface area (Å²) in [4.78, 5) is 8.94. The van der Waals surface area contributed by atoms with Gasteiger partial charge in [0.2, 0.25) is 0 Å². The van der Waals surface area contributed by atoms with E-state index in [1.54, 1.807) is 6.08 Å². The molecule has 13 heavy (non-hydrogen) atoms. The van der Waals surface area contributed by atoms with Crippen molar-refractivity contribution in [1.82, 2.24) is 5.28 Å². The van der Waals surface area contributed by atoms with Gasteiger partial charge in [0.25, 0.3) is 0 Å². The van der Waals surface area contributed by atoms with E-state index in [4.69, 9.17) is 16.4 Å². The first-order chi connectivity index (χ1) is 6.20. The molecule has 2 rings (SSSR count). The van der Waals surface area contributed by atoms with Gasteiger partial charge in [-0.3, -0.25) is 0 Å². The van der Waals surface area contributed by atoms with Gasteiger partial charge >= 0.3 is 0 Å². The van der Waals surface area contributed by atoms with Gasteiger partial charge in [0.15, 0.2) is 0 Å². The minimum absolute atomic E-state index is 0.416. The van der Waals surface area contributed by atoms with Crippen LogP contribution in [0.4, 0.5) is 0 Å². The van der Waals surface area contributed by atoms with E-state index in [1.807, 2.05) is 6.92 Å². The first-order valence-electron chi connectivity index (χ1n) is 3.52. The average Bonchev–Trinajstić information content (AvgIpc) is 2.47. The van der Waals surface area contributed by atoms with Crippen molar-refractivity contribution in [3.8, 4) is 0 Å². The van der Waals surface area contributed by atoms with Gasteiger partial charge in [-0.15, -0.1) is 5.10 Å². The van der Waals surface area contributed by atoms with Crippen LogP contribution in [0.1, 0.15) is 6.92 Å². The lowest BCUT2D eigenvalue weighted by atomic mass is 10.6. The molecule has 0 saturated carbocycles. The average molecular weight is 219 g/mol. The Morgan fingerprint density at radius 1 is 1.62 bits per heavy atom. The van der Waals surface area contributed by atoms with Gasteiger partial charge in [0, 0.05) is 16.8 Å². The smallest absolute Gasteiger partial charge is 0.143 e. The Balaban J connectivity index is 2.42. The molecule has 0 aromatic carbocycles. The lowest BCUT2D eigenvalue weighted by Crippen LogP contribution is -2.13. The predicted octanol–water partition coefficient (Wildman–Crippen LogP) is 1.41. The van der Waals surface area contributed by atoms with Crippen LogP contribution in [0.3, 0.4) is 0 Å². The van der Waals surface area contributed by atoms with Crippen LogP contribution < -0.4 is 0 Å². The second-order valence-electron chi connectivity index (χ2n) is 2.34. The highest BCUT2D eigenvalue weighted by atomic mass is 35.5. The minimum Gasteiger partial charge on any atom is -0.239 e. The monoisotopic (exact) mass is 218 g/mol. The summed E-state index contributed by atoms with van der Waals surface area (Å²) < 4.78 is 4.15. The standard InChI is InChI=1S/C6H7ClN4OS/c1-4-8-5(7)3-6-9-11(12-2)10-13(4)6/h3H,1-2H3. The molecule has 1 unspecified atom stereocenters. The van der Waals surface area contributed by atoms with Crippen LogP contribution >= 0.6 is 11.6 Å². The molecule has 7 heteroatoms. The summed E-state index contributed by atoms with van der Waals surface area (Å²) in [5.41, 5.74) is 0. The molecule has 1 atom stereocenters. The Kier molecular flexibility index (Phi) is 2.19. The van der Waals surface area contributed by atoms with Crippen molar-refractivity contribution in [1.29, 1.82) is 0 Å². The molecule has 2 aliphatic heterocycles. The van der Waals surface area contributed by atoms with Crippen molar-refractivity contribution in [3.63, 3.8) is 0 Å². The lowest BCUT2D eigenvalue weighted by Gasteiger charge is -2.05. The first kappa shape index (κ1) is 8.86. The number of hydrogen-bond donors (Lipinski definition) is 0. The summed E-state index contributed by atoms with van der Waals surface area (Å²) in [6.45, 7) is 1.87. The van der Waals surface area contributed by atoms with E-state index in [-0.39, 0.29) is 0 Å². The highest BCUT2D eigenvalue weighted by molar-refractivity contribution is 8.16. The SMILES string of the molecule is CON1N=C2C=C(Cl)N=C(C)S2=N1. The maximum Gasteiger partial charge on any atom is 0.143 e. The maximum atomic E-state index is 5.77. The number of nitrogens with zero attached hydrogens (tertiary/aromatic N) is 4. The number of rotatable bonds is 1. The first-order valence-corrected chi connectivity index (χ1v) is 5.08. The van der Waals surface area contributed by atoms with Gasteiger partial charge in [-0.25, -0.2) is 9.83 Å². The molecular formula is C6H7ClN4OS. The van der Waals surface area contributed by atoms with Gasteiger partial charge in [0.1, 0.15) is 10.2 Å². The van der Waals surface area contributed by atoms with Crippen LogP contribution in [-0.4, -0.2) is 22.5 Å². The number of halogens is 1. The Hall–Kier alpha value is -0.720. The molecule has 2 heterocycles. The van der Waals surface area contributed by atoms with E-state index < -0.39 is 10.7 Å². The Bertz CT molecular complexity index is 373. The molecule has 0 aliphatic carbocycles. The zero-order chi connectivity index (χ0) is 9.42. The van der Waals surface area contributed by atoms with Crippen LogP contribution in [0.25, 0.3) is 0 Å². The fourth-order valence-corrected chi connectivity index (χ4v) is 2.60. The van der Waals surface area contributed by atoms with E-state index in [9.17, 15) is 0 Å². The molecule has 0 radical (unpaired) electrons. The summed E-state index contributed by atoms with van der Waals surface area (Å²) in [6, 6.07) is 0. The molecule has 0 spiro atoms. The van der Waals surface area contributed by atoms with Gasteiger partial charge in [-0.2, -0.15) is 0 Å². The van der Waals surface area contributed by atoms with Gasteiger partial charge in [0.05, 0.1) is 12.2 Å². The third-order valence-corrected chi connectivity index (χ3v) is 3.23. The predicted molar refractivity (Wildman–Crippen MR) is 53.1 cm³/mol. The summed E-state index contributed by atoms with van der Waals surface area (Å²) in [5.74, 6) is 0. The van der Waals surface area contributed by atoms with E-state index in [2.05, 4.69) is 14.6 Å². The zero-order valence-electron chi connectivity index (χ0n) is 7.06. The van der Waals surface area contributed by atoms with Crippen LogP contribution in [0.15, 0.2) is 25.8 Å². The normalized spacial score (nSPS) is 25.9. The second-order valence-corrected chi connectivity index (χ2v) is 4.47. The van der Waals surface area contributed by atoms with E-state index >= 15 is 0 Å². The summed E-state index contributed by atoms with van der Waals surface area (Å²) >= 11 is 5.77. The molecule has 0 fully saturated rings. The molecule has 0 bridgehead atoms. The molecule has 70 valence electrons. The Morgan fingerprint density at radius 3 is 3.08 bits per heavy atom. The molecule has 0 saturated heterocycles. The molecule has 0 aromatic heterocycles. The zero-order valence-corrected chi connectivity index (χ0v) is 8.63. The quantitative estimate of drug-likeness (QED) is 0.625. The third-order valence-electron chi connectivity index (χ3n) is 1.48. The van der Waals surface area contributed by atoms with Gasteiger partial charge in [-0.1, -0.05) is 16.1 Å². The molecule has 0 aromatic rings. The van der Waals surface area contributed by atoms with E-state index in [1.165, 1.54) is 12.4 Å². The largest absolute Gasteiger partial charge is 0.239 e. The molecular weight excluding hydrogens is 212 g/mol. The molecule has 5 nitrogen and oxygen atoms in total. The van der Waals surface area contributed by atoms with Crippen molar-refractivity contribution in [2.45, 2.75) is 6.92 Å². The second kappa shape index (κ2) is 3.21. The van der Waals surface area contributed by atoms with Crippen molar-refractivity contribution in [3.05, 3.63) is 11.2 Å². The van der Waals surface area contributed by atoms with Crippen LogP contribution in [0.2, 0.25) is 0 Å². The Labute approximate surface area is 82.8 Å². The lowest BCUT2D eigenvalue weighted by molar-refractivity contribution is -0.125. The van der Waals surface area contributed by atoms with Crippen LogP contribution in [-0.2, 0) is 15.5 Å². The van der Waals surface area contributed by atoms with Crippen molar-refractivity contribution < 1.29 is 4.84 Å². The minimum atomic E-state index is -0.416. The number of hydrazone groups is 1. The van der Waals surface area contributed by atoms with Crippen LogP contribution in [0.5, 0.6) is 0 Å². The summed E-state index contributed by atoms with van der Waals surface area (Å²) in [5, 5.41) is 7.33. The van der Waals surface area contributed by atoms with Crippen molar-refractivity contribution in [2.75, 3.05) is 7.11 Å². The fourth-order valence-electron chi connectivity index (χ4n) is 0.950. The summed E-state index contributed by atoms with van der Waals surface area (Å²) in [7, 11) is 1.09. The maximum absolute atomic E-state index is 5.77. The number of fused-ring (bicyclic) bond motifs is 1.